The van der Waals surface area contributed by atoms with Gasteiger partial charge < -0.3 is 24.4 Å². The van der Waals surface area contributed by atoms with Crippen LogP contribution in [0.4, 0.5) is 19.3 Å². The van der Waals surface area contributed by atoms with Crippen molar-refractivity contribution in [2.75, 3.05) is 31.6 Å². The fourth-order valence-corrected chi connectivity index (χ4v) is 3.64. The van der Waals surface area contributed by atoms with E-state index in [4.69, 9.17) is 14.2 Å². The van der Waals surface area contributed by atoms with Gasteiger partial charge in [-0.2, -0.15) is 0 Å². The predicted octanol–water partition coefficient (Wildman–Crippen LogP) is 3.44. The Balaban J connectivity index is 1.68. The van der Waals surface area contributed by atoms with Gasteiger partial charge in [0.1, 0.15) is 18.0 Å². The van der Waals surface area contributed by atoms with Crippen LogP contribution in [0, 0.1) is 6.92 Å². The molecular weight excluding hydrogens is 358 g/mol. The van der Waals surface area contributed by atoms with E-state index in [1.807, 2.05) is 13.8 Å². The normalized spacial score (nSPS) is 28.0. The summed E-state index contributed by atoms with van der Waals surface area (Å²) in [5.74, 6) is 0.331. The molecule has 1 aromatic rings. The van der Waals surface area contributed by atoms with E-state index in [0.717, 1.165) is 12.0 Å². The number of halogens is 2. The van der Waals surface area contributed by atoms with Crippen molar-refractivity contribution in [2.24, 2.45) is 0 Å². The summed E-state index contributed by atoms with van der Waals surface area (Å²) in [5.41, 5.74) is 0.747. The van der Waals surface area contributed by atoms with Crippen LogP contribution >= 0.6 is 0 Å². The Morgan fingerprint density at radius 2 is 2.22 bits per heavy atom. The van der Waals surface area contributed by atoms with Crippen molar-refractivity contribution in [1.29, 1.82) is 0 Å². The van der Waals surface area contributed by atoms with Crippen molar-refractivity contribution in [2.45, 2.75) is 51.4 Å². The first-order chi connectivity index (χ1) is 12.8. The van der Waals surface area contributed by atoms with Crippen molar-refractivity contribution in [3.05, 3.63) is 23.8 Å². The van der Waals surface area contributed by atoms with Gasteiger partial charge >= 0.3 is 6.03 Å². The molecule has 1 spiro atoms. The zero-order chi connectivity index (χ0) is 19.6. The molecule has 0 radical (unpaired) electrons. The van der Waals surface area contributed by atoms with Gasteiger partial charge in [0, 0.05) is 31.3 Å². The Kier molecular flexibility index (Phi) is 5.86. The van der Waals surface area contributed by atoms with Crippen LogP contribution in [-0.4, -0.2) is 61.5 Å². The first-order valence-electron chi connectivity index (χ1n) is 9.16. The fourth-order valence-electron chi connectivity index (χ4n) is 3.64. The van der Waals surface area contributed by atoms with Crippen LogP contribution in [0.5, 0.6) is 5.75 Å². The SMILES string of the molecule is Cc1ccc(NC(=O)N2CC(C)OC3(CCOC3C)C2)cc1OCC(F)F. The number of urea groups is 1. The lowest BCUT2D eigenvalue weighted by Crippen LogP contribution is -2.60. The van der Waals surface area contributed by atoms with Crippen molar-refractivity contribution >= 4 is 11.7 Å². The number of morpholine rings is 1. The minimum atomic E-state index is -2.55. The maximum Gasteiger partial charge on any atom is 0.322 e. The van der Waals surface area contributed by atoms with Crippen LogP contribution < -0.4 is 10.1 Å². The van der Waals surface area contributed by atoms with Crippen LogP contribution in [0.3, 0.4) is 0 Å². The molecule has 3 unspecified atom stereocenters. The topological polar surface area (TPSA) is 60.0 Å². The number of nitrogens with one attached hydrogen (secondary N) is 1. The number of alkyl halides is 2. The number of aryl methyl sites for hydroxylation is 1. The molecule has 3 rings (SSSR count). The molecule has 0 aliphatic carbocycles. The largest absolute Gasteiger partial charge is 0.487 e. The zero-order valence-corrected chi connectivity index (χ0v) is 15.8. The molecule has 2 amide bonds. The monoisotopic (exact) mass is 384 g/mol. The number of ether oxygens (including phenoxy) is 3. The van der Waals surface area contributed by atoms with Gasteiger partial charge in [0.05, 0.1) is 18.8 Å². The Bertz CT molecular complexity index is 688. The number of anilines is 1. The van der Waals surface area contributed by atoms with Crippen molar-refractivity contribution in [1.82, 2.24) is 4.90 Å². The maximum atomic E-state index is 12.8. The van der Waals surface area contributed by atoms with Crippen LogP contribution in [0.1, 0.15) is 25.8 Å². The van der Waals surface area contributed by atoms with Gasteiger partial charge in [-0.25, -0.2) is 13.6 Å². The molecular formula is C19H26F2N2O4. The lowest BCUT2D eigenvalue weighted by atomic mass is 9.93. The van der Waals surface area contributed by atoms with Gasteiger partial charge in [0.25, 0.3) is 6.43 Å². The molecule has 0 bridgehead atoms. The van der Waals surface area contributed by atoms with Gasteiger partial charge in [-0.05, 0) is 32.4 Å². The smallest absolute Gasteiger partial charge is 0.322 e. The van der Waals surface area contributed by atoms with Gasteiger partial charge in [0.15, 0.2) is 0 Å². The van der Waals surface area contributed by atoms with Crippen LogP contribution in [0.25, 0.3) is 0 Å². The highest BCUT2D eigenvalue weighted by Gasteiger charge is 2.48. The lowest BCUT2D eigenvalue weighted by molar-refractivity contribution is -0.159. The van der Waals surface area contributed by atoms with Crippen LogP contribution in [0.2, 0.25) is 0 Å². The summed E-state index contributed by atoms with van der Waals surface area (Å²) in [6.07, 6.45) is -1.98. The number of benzene rings is 1. The molecule has 6 nitrogen and oxygen atoms in total. The van der Waals surface area contributed by atoms with Gasteiger partial charge in [0.2, 0.25) is 0 Å². The molecule has 150 valence electrons. The summed E-state index contributed by atoms with van der Waals surface area (Å²) < 4.78 is 41.7. The molecule has 1 N–H and O–H groups in total. The van der Waals surface area contributed by atoms with Crippen molar-refractivity contribution in [3.8, 4) is 5.75 Å². The molecule has 0 saturated carbocycles. The Labute approximate surface area is 157 Å². The number of hydrogen-bond acceptors (Lipinski definition) is 4. The molecule has 27 heavy (non-hydrogen) atoms. The third kappa shape index (κ3) is 4.50. The standard InChI is InChI=1S/C19H26F2N2O4/c1-12-4-5-15(8-16(12)26-10-17(20)21)22-18(24)23-9-13(2)27-19(11-23)6-7-25-14(19)3/h4-5,8,13-14,17H,6-7,9-11H2,1-3H3,(H,22,24). The Morgan fingerprint density at radius 1 is 1.44 bits per heavy atom. The summed E-state index contributed by atoms with van der Waals surface area (Å²) in [7, 11) is 0. The van der Waals surface area contributed by atoms with E-state index < -0.39 is 18.6 Å². The third-order valence-corrected chi connectivity index (χ3v) is 5.10. The van der Waals surface area contributed by atoms with E-state index in [1.165, 1.54) is 0 Å². The van der Waals surface area contributed by atoms with Gasteiger partial charge in [-0.15, -0.1) is 0 Å². The predicted molar refractivity (Wildman–Crippen MR) is 96.6 cm³/mol. The number of rotatable bonds is 4. The highest BCUT2D eigenvalue weighted by Crippen LogP contribution is 2.35. The van der Waals surface area contributed by atoms with E-state index in [9.17, 15) is 13.6 Å². The van der Waals surface area contributed by atoms with E-state index in [2.05, 4.69) is 5.32 Å². The van der Waals surface area contributed by atoms with Crippen molar-refractivity contribution in [3.63, 3.8) is 0 Å². The highest BCUT2D eigenvalue weighted by atomic mass is 19.3. The van der Waals surface area contributed by atoms with E-state index in [1.54, 1.807) is 30.0 Å². The maximum absolute atomic E-state index is 12.8. The molecule has 2 fully saturated rings. The number of carbonyl (C=O) groups is 1. The van der Waals surface area contributed by atoms with Crippen LogP contribution in [0.15, 0.2) is 18.2 Å². The molecule has 8 heteroatoms. The third-order valence-electron chi connectivity index (χ3n) is 5.10. The second kappa shape index (κ2) is 7.98. The number of carbonyl (C=O) groups excluding carboxylic acids is 1. The summed E-state index contributed by atoms with van der Waals surface area (Å²) in [5, 5.41) is 2.83. The molecule has 3 atom stereocenters. The molecule has 1 aromatic carbocycles. The summed E-state index contributed by atoms with van der Waals surface area (Å²) in [6.45, 7) is 6.53. The Hall–Kier alpha value is -1.93. The van der Waals surface area contributed by atoms with Gasteiger partial charge in [-0.1, -0.05) is 6.07 Å². The highest BCUT2D eigenvalue weighted by molar-refractivity contribution is 5.89. The molecule has 2 heterocycles. The second-order valence-corrected chi connectivity index (χ2v) is 7.25. The van der Waals surface area contributed by atoms with Gasteiger partial charge in [-0.3, -0.25) is 0 Å². The average molecular weight is 384 g/mol. The average Bonchev–Trinajstić information content (AvgIpc) is 2.94. The fraction of sp³-hybridized carbons (Fsp3) is 0.632. The van der Waals surface area contributed by atoms with Crippen LogP contribution in [-0.2, 0) is 9.47 Å². The number of nitrogens with zero attached hydrogens (tertiary/aromatic N) is 1. The first-order valence-corrected chi connectivity index (χ1v) is 9.16. The molecule has 2 saturated heterocycles. The second-order valence-electron chi connectivity index (χ2n) is 7.25. The van der Waals surface area contributed by atoms with E-state index in [0.29, 0.717) is 31.1 Å². The van der Waals surface area contributed by atoms with E-state index >= 15 is 0 Å². The minimum Gasteiger partial charge on any atom is -0.487 e. The molecule has 2 aliphatic rings. The molecule has 2 aliphatic heterocycles. The summed E-state index contributed by atoms with van der Waals surface area (Å²) >= 11 is 0. The lowest BCUT2D eigenvalue weighted by Gasteiger charge is -2.44. The van der Waals surface area contributed by atoms with E-state index in [-0.39, 0.29) is 18.2 Å². The summed E-state index contributed by atoms with van der Waals surface area (Å²) in [6, 6.07) is 4.76. The number of hydrogen-bond donors (Lipinski definition) is 1. The quantitative estimate of drug-likeness (QED) is 0.864. The zero-order valence-electron chi connectivity index (χ0n) is 15.8. The molecule has 0 aromatic heterocycles. The summed E-state index contributed by atoms with van der Waals surface area (Å²) in [4.78, 5) is 14.5. The Morgan fingerprint density at radius 3 is 2.89 bits per heavy atom. The number of amides is 2. The minimum absolute atomic E-state index is 0.0794. The van der Waals surface area contributed by atoms with Crippen molar-refractivity contribution < 1.29 is 27.8 Å². The first kappa shape index (κ1) is 19.8.